The average Bonchev–Trinajstić information content (AvgIpc) is 3.49. The van der Waals surface area contributed by atoms with E-state index in [2.05, 4.69) is 15.2 Å². The molecule has 4 rings (SSSR count). The van der Waals surface area contributed by atoms with Gasteiger partial charge in [-0.2, -0.15) is 5.10 Å². The molecular weight excluding hydrogens is 412 g/mol. The molecule has 0 radical (unpaired) electrons. The van der Waals surface area contributed by atoms with Gasteiger partial charge in [-0.3, -0.25) is 14.7 Å². The minimum atomic E-state index is -0.462. The number of para-hydroxylation sites is 2. The Bertz CT molecular complexity index is 940. The monoisotopic (exact) mass is 442 g/mol. The zero-order chi connectivity index (χ0) is 22.5. The first-order chi connectivity index (χ1) is 15.6. The van der Waals surface area contributed by atoms with E-state index in [1.54, 1.807) is 9.80 Å². The van der Waals surface area contributed by atoms with Crippen molar-refractivity contribution >= 4 is 11.8 Å². The van der Waals surface area contributed by atoms with E-state index < -0.39 is 11.8 Å². The summed E-state index contributed by atoms with van der Waals surface area (Å²) < 4.78 is 11.7. The van der Waals surface area contributed by atoms with Gasteiger partial charge in [0.2, 0.25) is 0 Å². The van der Waals surface area contributed by atoms with Crippen molar-refractivity contribution < 1.29 is 19.1 Å². The third-order valence-electron chi connectivity index (χ3n) is 5.95. The molecule has 1 unspecified atom stereocenters. The highest BCUT2D eigenvalue weighted by atomic mass is 16.5. The van der Waals surface area contributed by atoms with Crippen LogP contribution >= 0.6 is 0 Å². The Morgan fingerprint density at radius 3 is 2.47 bits per heavy atom. The Morgan fingerprint density at radius 1 is 1.09 bits per heavy atom. The first kappa shape index (κ1) is 22.1. The number of likely N-dealkylation sites (tertiary alicyclic amines) is 2. The number of nitrogens with two attached hydrogens (primary N) is 1. The number of benzene rings is 1. The Balaban J connectivity index is 1.28. The van der Waals surface area contributed by atoms with Crippen LogP contribution in [0.4, 0.5) is 0 Å². The Kier molecular flexibility index (Phi) is 6.89. The molecule has 2 saturated heterocycles. The maximum absolute atomic E-state index is 12.8. The molecule has 0 saturated carbocycles. The smallest absolute Gasteiger partial charge is 0.312 e. The largest absolute Gasteiger partial charge is 0.490 e. The van der Waals surface area contributed by atoms with Crippen molar-refractivity contribution in [1.29, 1.82) is 0 Å². The van der Waals surface area contributed by atoms with Gasteiger partial charge in [-0.15, -0.1) is 0 Å². The predicted octanol–water partition coefficient (Wildman–Crippen LogP) is 1.05. The van der Waals surface area contributed by atoms with Crippen LogP contribution in [0, 0.1) is 0 Å². The van der Waals surface area contributed by atoms with E-state index in [1.807, 2.05) is 31.2 Å². The molecular formula is C22H30N6O4. The molecule has 2 aliphatic rings. The van der Waals surface area contributed by atoms with Crippen molar-refractivity contribution in [2.75, 3.05) is 32.8 Å². The van der Waals surface area contributed by atoms with Crippen molar-refractivity contribution in [3.8, 4) is 11.5 Å². The lowest BCUT2D eigenvalue weighted by atomic mass is 9.96. The van der Waals surface area contributed by atoms with Crippen LogP contribution in [0.3, 0.4) is 0 Å². The number of carbonyl (C=O) groups excluding carboxylic acids is 2. The Hall–Kier alpha value is -3.14. The number of ether oxygens (including phenoxy) is 2. The highest BCUT2D eigenvalue weighted by Crippen LogP contribution is 2.30. The van der Waals surface area contributed by atoms with Crippen LogP contribution in [0.1, 0.15) is 43.8 Å². The van der Waals surface area contributed by atoms with Crippen LogP contribution in [0.15, 0.2) is 24.3 Å². The van der Waals surface area contributed by atoms with Gasteiger partial charge in [0.1, 0.15) is 11.9 Å². The number of nitrogens with zero attached hydrogens (tertiary/aromatic N) is 4. The summed E-state index contributed by atoms with van der Waals surface area (Å²) in [6.45, 7) is 4.70. The fourth-order valence-corrected chi connectivity index (χ4v) is 4.21. The lowest BCUT2D eigenvalue weighted by molar-refractivity contribution is -0.152. The summed E-state index contributed by atoms with van der Waals surface area (Å²) in [5.41, 5.74) is 5.58. The summed E-state index contributed by atoms with van der Waals surface area (Å²) in [4.78, 5) is 33.2. The van der Waals surface area contributed by atoms with E-state index >= 15 is 0 Å². The SMILES string of the molecule is CCOc1ccccc1OC1CCN(C(=O)C(=O)N2CCC(c3n[nH]c(CN)n3)CC2)C1. The number of H-pyrrole nitrogens is 1. The minimum Gasteiger partial charge on any atom is -0.490 e. The van der Waals surface area contributed by atoms with Crippen LogP contribution < -0.4 is 15.2 Å². The average molecular weight is 443 g/mol. The predicted molar refractivity (Wildman–Crippen MR) is 116 cm³/mol. The summed E-state index contributed by atoms with van der Waals surface area (Å²) in [5.74, 6) is 1.99. The minimum absolute atomic E-state index is 0.165. The van der Waals surface area contributed by atoms with E-state index in [0.717, 1.165) is 18.7 Å². The van der Waals surface area contributed by atoms with E-state index in [4.69, 9.17) is 15.2 Å². The fraction of sp³-hybridized carbons (Fsp3) is 0.545. The van der Waals surface area contributed by atoms with E-state index in [-0.39, 0.29) is 12.0 Å². The summed E-state index contributed by atoms with van der Waals surface area (Å²) in [6, 6.07) is 7.50. The molecule has 10 nitrogen and oxygen atoms in total. The van der Waals surface area contributed by atoms with Crippen molar-refractivity contribution in [1.82, 2.24) is 25.0 Å². The Labute approximate surface area is 187 Å². The number of piperidine rings is 1. The number of carbonyl (C=O) groups is 2. The third kappa shape index (κ3) is 4.85. The van der Waals surface area contributed by atoms with E-state index in [0.29, 0.717) is 63.1 Å². The van der Waals surface area contributed by atoms with Gasteiger partial charge in [0.15, 0.2) is 17.3 Å². The molecule has 0 bridgehead atoms. The van der Waals surface area contributed by atoms with Gasteiger partial charge < -0.3 is 25.0 Å². The van der Waals surface area contributed by atoms with Crippen LogP contribution in [-0.2, 0) is 16.1 Å². The summed E-state index contributed by atoms with van der Waals surface area (Å²) in [7, 11) is 0. The van der Waals surface area contributed by atoms with Gasteiger partial charge in [0.05, 0.1) is 19.7 Å². The quantitative estimate of drug-likeness (QED) is 0.640. The zero-order valence-corrected chi connectivity index (χ0v) is 18.3. The molecule has 2 fully saturated rings. The standard InChI is InChI=1S/C22H30N6O4/c1-2-31-17-5-3-4-6-18(17)32-16-9-12-28(14-16)22(30)21(29)27-10-7-15(8-11-27)20-24-19(13-23)25-26-20/h3-6,15-16H,2,7-14,23H2,1H3,(H,24,25,26). The number of hydrogen-bond acceptors (Lipinski definition) is 7. The molecule has 0 aliphatic carbocycles. The van der Waals surface area contributed by atoms with Crippen LogP contribution in [0.5, 0.6) is 11.5 Å². The van der Waals surface area contributed by atoms with Gasteiger partial charge in [-0.25, -0.2) is 4.98 Å². The lowest BCUT2D eigenvalue weighted by Crippen LogP contribution is -2.47. The molecule has 1 aromatic carbocycles. The third-order valence-corrected chi connectivity index (χ3v) is 5.95. The van der Waals surface area contributed by atoms with Crippen molar-refractivity contribution in [2.24, 2.45) is 5.73 Å². The first-order valence-corrected chi connectivity index (χ1v) is 11.2. The molecule has 3 N–H and O–H groups in total. The second-order valence-corrected chi connectivity index (χ2v) is 8.07. The number of rotatable bonds is 6. The molecule has 2 aliphatic heterocycles. The number of aromatic amines is 1. The van der Waals surface area contributed by atoms with Gasteiger partial charge in [-0.1, -0.05) is 12.1 Å². The molecule has 3 heterocycles. The molecule has 1 aromatic heterocycles. The maximum atomic E-state index is 12.8. The molecule has 2 amide bonds. The molecule has 172 valence electrons. The first-order valence-electron chi connectivity index (χ1n) is 11.2. The van der Waals surface area contributed by atoms with Crippen molar-refractivity contribution in [2.45, 2.75) is 44.8 Å². The van der Waals surface area contributed by atoms with E-state index in [9.17, 15) is 9.59 Å². The molecule has 2 aromatic rings. The molecule has 32 heavy (non-hydrogen) atoms. The molecule has 10 heteroatoms. The normalized spacial score (nSPS) is 19.2. The van der Waals surface area contributed by atoms with Gasteiger partial charge in [0.25, 0.3) is 0 Å². The van der Waals surface area contributed by atoms with Gasteiger partial charge >= 0.3 is 11.8 Å². The highest BCUT2D eigenvalue weighted by Gasteiger charge is 2.35. The lowest BCUT2D eigenvalue weighted by Gasteiger charge is -2.31. The highest BCUT2D eigenvalue weighted by molar-refractivity contribution is 6.35. The fourth-order valence-electron chi connectivity index (χ4n) is 4.21. The summed E-state index contributed by atoms with van der Waals surface area (Å²) >= 11 is 0. The van der Waals surface area contributed by atoms with Crippen LogP contribution in [0.25, 0.3) is 0 Å². The van der Waals surface area contributed by atoms with Crippen LogP contribution in [-0.4, -0.2) is 75.7 Å². The number of aromatic nitrogens is 3. The maximum Gasteiger partial charge on any atom is 0.312 e. The zero-order valence-electron chi connectivity index (χ0n) is 18.3. The van der Waals surface area contributed by atoms with E-state index in [1.165, 1.54) is 0 Å². The van der Waals surface area contributed by atoms with Crippen molar-refractivity contribution in [3.05, 3.63) is 35.9 Å². The Morgan fingerprint density at radius 2 is 1.78 bits per heavy atom. The molecule has 0 spiro atoms. The second kappa shape index (κ2) is 9.99. The van der Waals surface area contributed by atoms with Gasteiger partial charge in [0, 0.05) is 32.0 Å². The van der Waals surface area contributed by atoms with Crippen molar-refractivity contribution in [3.63, 3.8) is 0 Å². The number of amides is 2. The van der Waals surface area contributed by atoms with Gasteiger partial charge in [-0.05, 0) is 31.9 Å². The molecule has 1 atom stereocenters. The summed E-state index contributed by atoms with van der Waals surface area (Å²) in [5, 5.41) is 7.05. The topological polar surface area (TPSA) is 127 Å². The van der Waals surface area contributed by atoms with Crippen LogP contribution in [0.2, 0.25) is 0 Å². The number of hydrogen-bond donors (Lipinski definition) is 2. The second-order valence-electron chi connectivity index (χ2n) is 8.07. The number of nitrogens with one attached hydrogen (secondary N) is 1. The summed E-state index contributed by atoms with van der Waals surface area (Å²) in [6.07, 6.45) is 1.96.